The highest BCUT2D eigenvalue weighted by atomic mass is 32.2. The predicted molar refractivity (Wildman–Crippen MR) is 153 cm³/mol. The Labute approximate surface area is 221 Å². The van der Waals surface area contributed by atoms with Gasteiger partial charge in [0, 0.05) is 20.8 Å². The van der Waals surface area contributed by atoms with Crippen LogP contribution in [0.1, 0.15) is 36.1 Å². The van der Waals surface area contributed by atoms with Gasteiger partial charge in [-0.1, -0.05) is 111 Å². The summed E-state index contributed by atoms with van der Waals surface area (Å²) in [6.07, 6.45) is 0. The Hall–Kier alpha value is -4.15. The first kappa shape index (κ1) is 23.3. The van der Waals surface area contributed by atoms with Crippen molar-refractivity contribution in [3.63, 3.8) is 0 Å². The number of fused-ring (bicyclic) bond motifs is 3. The van der Waals surface area contributed by atoms with Crippen LogP contribution in [0.2, 0.25) is 0 Å². The zero-order valence-corrected chi connectivity index (χ0v) is 21.5. The second-order valence-electron chi connectivity index (χ2n) is 9.74. The Balaban J connectivity index is 1.54. The van der Waals surface area contributed by atoms with Crippen molar-refractivity contribution >= 4 is 34.3 Å². The maximum atomic E-state index is 9.07. The van der Waals surface area contributed by atoms with Crippen LogP contribution in [0.3, 0.4) is 0 Å². The van der Waals surface area contributed by atoms with Crippen molar-refractivity contribution in [2.75, 3.05) is 0 Å². The lowest BCUT2D eigenvalue weighted by molar-refractivity contribution is 0.539. The molecule has 0 fully saturated rings. The molecular formula is C33H26N2OS. The van der Waals surface area contributed by atoms with Crippen LogP contribution >= 0.6 is 11.8 Å². The van der Waals surface area contributed by atoms with Gasteiger partial charge in [-0.15, -0.1) is 0 Å². The monoisotopic (exact) mass is 498 g/mol. The minimum absolute atomic E-state index is 0.0278. The minimum atomic E-state index is -0.226. The third kappa shape index (κ3) is 3.94. The van der Waals surface area contributed by atoms with Crippen molar-refractivity contribution < 1.29 is 4.74 Å². The molecule has 2 N–H and O–H groups in total. The summed E-state index contributed by atoms with van der Waals surface area (Å²) in [5, 5.41) is 19.6. The fourth-order valence-electron chi connectivity index (χ4n) is 5.35. The molecule has 0 radical (unpaired) electrons. The van der Waals surface area contributed by atoms with Crippen molar-refractivity contribution in [2.24, 2.45) is 0 Å². The molecule has 0 saturated carbocycles. The van der Waals surface area contributed by atoms with E-state index in [1.165, 1.54) is 20.9 Å². The second kappa shape index (κ2) is 9.06. The molecule has 0 unspecified atom stereocenters. The number of nitrogens with one attached hydrogen (secondary N) is 2. The van der Waals surface area contributed by atoms with E-state index in [2.05, 4.69) is 74.5 Å². The molecule has 6 rings (SSSR count). The molecule has 1 aliphatic rings. The summed E-state index contributed by atoms with van der Waals surface area (Å²) in [4.78, 5) is 2.51. The van der Waals surface area contributed by atoms with Crippen molar-refractivity contribution in [3.8, 4) is 11.1 Å². The molecule has 0 atom stereocenters. The fraction of sp³-hybridized carbons (Fsp3) is 0.0909. The number of rotatable bonds is 3. The number of hydrogen-bond donors (Lipinski definition) is 2. The van der Waals surface area contributed by atoms with Crippen molar-refractivity contribution in [1.29, 1.82) is 10.8 Å². The topological polar surface area (TPSA) is 56.9 Å². The molecule has 0 spiro atoms. The Morgan fingerprint density at radius 2 is 1.35 bits per heavy atom. The maximum absolute atomic E-state index is 9.07. The highest BCUT2D eigenvalue weighted by Gasteiger charge is 2.35. The predicted octanol–water partition coefficient (Wildman–Crippen LogP) is 8.66. The van der Waals surface area contributed by atoms with Gasteiger partial charge in [-0.2, -0.15) is 0 Å². The molecule has 180 valence electrons. The van der Waals surface area contributed by atoms with Crippen LogP contribution in [0.25, 0.3) is 21.9 Å². The lowest BCUT2D eigenvalue weighted by Crippen LogP contribution is -2.25. The van der Waals surface area contributed by atoms with E-state index in [4.69, 9.17) is 15.6 Å². The summed E-state index contributed by atoms with van der Waals surface area (Å²) in [6.45, 7) is 4.56. The van der Waals surface area contributed by atoms with E-state index in [9.17, 15) is 0 Å². The quantitative estimate of drug-likeness (QED) is 0.193. The summed E-state index contributed by atoms with van der Waals surface area (Å²) in [5.74, 6) is -0.0655. The first-order valence-electron chi connectivity index (χ1n) is 12.3. The van der Waals surface area contributed by atoms with Crippen molar-refractivity contribution in [2.45, 2.75) is 29.1 Å². The molecule has 3 nitrogen and oxygen atoms in total. The molecule has 1 aliphatic heterocycles. The summed E-state index contributed by atoms with van der Waals surface area (Å²) in [6, 6.07) is 36.6. The van der Waals surface area contributed by atoms with Gasteiger partial charge in [0.2, 0.25) is 11.8 Å². The van der Waals surface area contributed by atoms with Gasteiger partial charge in [-0.3, -0.25) is 10.8 Å². The normalized spacial score (nSPS) is 13.5. The van der Waals surface area contributed by atoms with E-state index in [0.29, 0.717) is 11.1 Å². The smallest absolute Gasteiger partial charge is 0.222 e. The Morgan fingerprint density at radius 1 is 0.649 bits per heavy atom. The highest BCUT2D eigenvalue weighted by molar-refractivity contribution is 7.99. The maximum Gasteiger partial charge on any atom is 0.222 e. The van der Waals surface area contributed by atoms with Crippen LogP contribution in [0, 0.1) is 10.8 Å². The van der Waals surface area contributed by atoms with Gasteiger partial charge in [0.25, 0.3) is 0 Å². The van der Waals surface area contributed by atoms with E-state index in [1.54, 1.807) is 11.8 Å². The summed E-state index contributed by atoms with van der Waals surface area (Å²) in [5.41, 5.74) is 5.70. The largest absolute Gasteiger partial charge is 0.421 e. The van der Waals surface area contributed by atoms with Gasteiger partial charge in [0.15, 0.2) is 0 Å². The van der Waals surface area contributed by atoms with Gasteiger partial charge in [-0.05, 0) is 57.3 Å². The zero-order chi connectivity index (χ0) is 25.6. The average molecular weight is 499 g/mol. The highest BCUT2D eigenvalue weighted by Crippen LogP contribution is 2.52. The molecule has 0 aromatic heterocycles. The third-order valence-electron chi connectivity index (χ3n) is 7.12. The number of ether oxygens (including phenoxy) is 1. The molecular weight excluding hydrogens is 472 g/mol. The van der Waals surface area contributed by atoms with Crippen molar-refractivity contribution in [1.82, 2.24) is 0 Å². The molecule has 1 heterocycles. The van der Waals surface area contributed by atoms with Gasteiger partial charge in [0.1, 0.15) is 0 Å². The number of hydrogen-bond acceptors (Lipinski definition) is 4. The van der Waals surface area contributed by atoms with Gasteiger partial charge >= 0.3 is 0 Å². The first-order chi connectivity index (χ1) is 17.9. The van der Waals surface area contributed by atoms with Gasteiger partial charge in [-0.25, -0.2) is 0 Å². The summed E-state index contributed by atoms with van der Waals surface area (Å²) >= 11 is 1.80. The van der Waals surface area contributed by atoms with Crippen LogP contribution in [-0.4, -0.2) is 11.8 Å². The molecule has 0 saturated heterocycles. The fourth-order valence-corrected chi connectivity index (χ4v) is 6.78. The Kier molecular flexibility index (Phi) is 5.69. The Morgan fingerprint density at radius 3 is 2.19 bits per heavy atom. The standard InChI is InChI=1S/C33H26N2OS/c1-33(2)26-16-8-9-17-27(26)37-28-18-10-15-25(30(28)33)24-20-19-21-11-6-7-14-23(21)29(24)32(35)36-31(34)22-12-4-3-5-13-22/h3-20,34-35H,1-2H3. The van der Waals surface area contributed by atoms with E-state index < -0.39 is 0 Å². The molecule has 0 aliphatic carbocycles. The van der Waals surface area contributed by atoms with Crippen molar-refractivity contribution in [3.05, 3.63) is 131 Å². The molecule has 5 aromatic carbocycles. The van der Waals surface area contributed by atoms with E-state index >= 15 is 0 Å². The van der Waals surface area contributed by atoms with Gasteiger partial charge in [0.05, 0.1) is 5.56 Å². The lowest BCUT2D eigenvalue weighted by Gasteiger charge is -2.36. The third-order valence-corrected chi connectivity index (χ3v) is 8.25. The molecule has 0 amide bonds. The molecule has 5 aromatic rings. The summed E-state index contributed by atoms with van der Waals surface area (Å²) in [7, 11) is 0. The van der Waals surface area contributed by atoms with E-state index in [1.807, 2.05) is 48.5 Å². The van der Waals surface area contributed by atoms with Crippen LogP contribution in [-0.2, 0) is 10.2 Å². The van der Waals surface area contributed by atoms with E-state index in [0.717, 1.165) is 21.9 Å². The van der Waals surface area contributed by atoms with Crippen LogP contribution in [0.15, 0.2) is 119 Å². The molecule has 0 bridgehead atoms. The second-order valence-corrected chi connectivity index (χ2v) is 10.8. The lowest BCUT2D eigenvalue weighted by atomic mass is 9.74. The van der Waals surface area contributed by atoms with Gasteiger partial charge < -0.3 is 4.74 Å². The summed E-state index contributed by atoms with van der Waals surface area (Å²) < 4.78 is 5.91. The SMILES string of the molecule is CC1(C)c2ccccc2Sc2cccc(-c3ccc4ccccc4c3C(=N)OC(=N)c3ccccc3)c21. The number of benzene rings is 5. The zero-order valence-electron chi connectivity index (χ0n) is 20.7. The first-order valence-corrected chi connectivity index (χ1v) is 13.1. The van der Waals surface area contributed by atoms with E-state index in [-0.39, 0.29) is 17.2 Å². The Bertz CT molecular complexity index is 1690. The molecule has 4 heteroatoms. The molecule has 37 heavy (non-hydrogen) atoms. The minimum Gasteiger partial charge on any atom is -0.421 e. The van der Waals surface area contributed by atoms with Crippen LogP contribution in [0.4, 0.5) is 0 Å². The average Bonchev–Trinajstić information content (AvgIpc) is 2.92. The van der Waals surface area contributed by atoms with Crippen LogP contribution in [0.5, 0.6) is 0 Å². The van der Waals surface area contributed by atoms with Crippen LogP contribution < -0.4 is 0 Å².